The molecule has 0 spiro atoms. The molecule has 2 heteroatoms. The molecule has 0 atom stereocenters. The third-order valence-corrected chi connectivity index (χ3v) is 3.49. The molecule has 0 saturated carbocycles. The Morgan fingerprint density at radius 3 is 2.33 bits per heavy atom. The van der Waals surface area contributed by atoms with E-state index in [9.17, 15) is 0 Å². The van der Waals surface area contributed by atoms with Crippen molar-refractivity contribution < 1.29 is 0 Å². The van der Waals surface area contributed by atoms with Crippen molar-refractivity contribution in [3.05, 3.63) is 0 Å². The van der Waals surface area contributed by atoms with Crippen molar-refractivity contribution in [3.8, 4) is 0 Å². The molecule has 0 aliphatic carbocycles. The van der Waals surface area contributed by atoms with E-state index in [4.69, 9.17) is 0 Å². The van der Waals surface area contributed by atoms with Gasteiger partial charge in [0.15, 0.2) is 0 Å². The highest BCUT2D eigenvalue weighted by Gasteiger charge is 2.24. The molecule has 1 N–H and O–H groups in total. The van der Waals surface area contributed by atoms with Crippen LogP contribution in [0.5, 0.6) is 0 Å². The second-order valence-corrected chi connectivity index (χ2v) is 3.76. The average Bonchev–Trinajstić information content (AvgIpc) is 1.90. The quantitative estimate of drug-likeness (QED) is 0.624. The maximum Gasteiger partial charge on any atom is 0.00862 e. The van der Waals surface area contributed by atoms with E-state index in [0.717, 1.165) is 5.33 Å². The molecule has 9 heavy (non-hydrogen) atoms. The van der Waals surface area contributed by atoms with Crippen molar-refractivity contribution >= 4 is 15.9 Å². The van der Waals surface area contributed by atoms with Gasteiger partial charge in [0.2, 0.25) is 0 Å². The van der Waals surface area contributed by atoms with E-state index < -0.39 is 0 Å². The Balaban J connectivity index is 2.37. The van der Waals surface area contributed by atoms with Crippen molar-refractivity contribution in [2.45, 2.75) is 19.8 Å². The van der Waals surface area contributed by atoms with Crippen LogP contribution in [-0.4, -0.2) is 18.4 Å². The number of rotatable bonds is 1. The van der Waals surface area contributed by atoms with Gasteiger partial charge in [0.05, 0.1) is 0 Å². The molecule has 0 bridgehead atoms. The van der Waals surface area contributed by atoms with Crippen molar-refractivity contribution in [3.63, 3.8) is 0 Å². The molecule has 1 saturated heterocycles. The van der Waals surface area contributed by atoms with Gasteiger partial charge < -0.3 is 5.32 Å². The van der Waals surface area contributed by atoms with E-state index in [1.165, 1.54) is 25.9 Å². The summed E-state index contributed by atoms with van der Waals surface area (Å²) in [6, 6.07) is 0. The summed E-state index contributed by atoms with van der Waals surface area (Å²) in [5.41, 5.74) is 0.575. The lowest BCUT2D eigenvalue weighted by molar-refractivity contribution is 0.268. The standard InChI is InChI=1S/C7H14BrN/c1-7(6-8)2-4-9-5-3-7/h9H,2-6H2,1H3. The number of halogens is 1. The van der Waals surface area contributed by atoms with Crippen molar-refractivity contribution in [1.29, 1.82) is 0 Å². The van der Waals surface area contributed by atoms with Crippen LogP contribution in [0.15, 0.2) is 0 Å². The number of piperidine rings is 1. The lowest BCUT2D eigenvalue weighted by Gasteiger charge is -2.31. The van der Waals surface area contributed by atoms with Gasteiger partial charge >= 0.3 is 0 Å². The molecular weight excluding hydrogens is 178 g/mol. The minimum absolute atomic E-state index is 0.575. The molecule has 1 aliphatic rings. The average molecular weight is 192 g/mol. The fourth-order valence-corrected chi connectivity index (χ4v) is 1.72. The molecule has 0 aromatic rings. The van der Waals surface area contributed by atoms with Gasteiger partial charge in [-0.2, -0.15) is 0 Å². The minimum Gasteiger partial charge on any atom is -0.317 e. The zero-order chi connectivity index (χ0) is 6.74. The Labute approximate surface area is 65.3 Å². The smallest absolute Gasteiger partial charge is 0.00862 e. The monoisotopic (exact) mass is 191 g/mol. The zero-order valence-corrected chi connectivity index (χ0v) is 7.50. The Morgan fingerprint density at radius 2 is 2.00 bits per heavy atom. The van der Waals surface area contributed by atoms with Gasteiger partial charge in [-0.3, -0.25) is 0 Å². The predicted molar refractivity (Wildman–Crippen MR) is 44.0 cm³/mol. The van der Waals surface area contributed by atoms with Crippen LogP contribution in [-0.2, 0) is 0 Å². The van der Waals surface area contributed by atoms with Crippen LogP contribution in [0.3, 0.4) is 0 Å². The highest BCUT2D eigenvalue weighted by atomic mass is 79.9. The van der Waals surface area contributed by atoms with E-state index in [1.54, 1.807) is 0 Å². The number of alkyl halides is 1. The third kappa shape index (κ3) is 1.94. The van der Waals surface area contributed by atoms with Gasteiger partial charge in [0.1, 0.15) is 0 Å². The van der Waals surface area contributed by atoms with E-state index in [0.29, 0.717) is 5.41 Å². The summed E-state index contributed by atoms with van der Waals surface area (Å²) in [6.45, 7) is 4.74. The molecular formula is C7H14BrN. The van der Waals surface area contributed by atoms with E-state index in [1.807, 2.05) is 0 Å². The molecule has 1 aliphatic heterocycles. The van der Waals surface area contributed by atoms with E-state index >= 15 is 0 Å². The molecule has 1 nitrogen and oxygen atoms in total. The van der Waals surface area contributed by atoms with Crippen LogP contribution in [0.4, 0.5) is 0 Å². The van der Waals surface area contributed by atoms with Crippen LogP contribution in [0.25, 0.3) is 0 Å². The lowest BCUT2D eigenvalue weighted by atomic mass is 9.83. The van der Waals surface area contributed by atoms with Crippen LogP contribution in [0.1, 0.15) is 19.8 Å². The number of hydrogen-bond donors (Lipinski definition) is 1. The van der Waals surface area contributed by atoms with Gasteiger partial charge in [-0.25, -0.2) is 0 Å². The normalized spacial score (nSPS) is 26.0. The summed E-state index contributed by atoms with van der Waals surface area (Å²) < 4.78 is 0. The molecule has 54 valence electrons. The summed E-state index contributed by atoms with van der Waals surface area (Å²) in [6.07, 6.45) is 2.64. The van der Waals surface area contributed by atoms with Crippen LogP contribution in [0.2, 0.25) is 0 Å². The van der Waals surface area contributed by atoms with Crippen molar-refractivity contribution in [2.24, 2.45) is 5.41 Å². The van der Waals surface area contributed by atoms with Crippen molar-refractivity contribution in [1.82, 2.24) is 5.32 Å². The first-order valence-electron chi connectivity index (χ1n) is 3.54. The van der Waals surface area contributed by atoms with Crippen molar-refractivity contribution in [2.75, 3.05) is 18.4 Å². The zero-order valence-electron chi connectivity index (χ0n) is 5.91. The van der Waals surface area contributed by atoms with E-state index in [-0.39, 0.29) is 0 Å². The Kier molecular flexibility index (Phi) is 2.53. The lowest BCUT2D eigenvalue weighted by Crippen LogP contribution is -2.35. The van der Waals surface area contributed by atoms with Gasteiger partial charge in [0, 0.05) is 5.33 Å². The largest absolute Gasteiger partial charge is 0.317 e. The summed E-state index contributed by atoms with van der Waals surface area (Å²) in [5.74, 6) is 0. The highest BCUT2D eigenvalue weighted by molar-refractivity contribution is 9.09. The summed E-state index contributed by atoms with van der Waals surface area (Å²) in [7, 11) is 0. The fraction of sp³-hybridized carbons (Fsp3) is 1.00. The highest BCUT2D eigenvalue weighted by Crippen LogP contribution is 2.29. The molecule has 1 fully saturated rings. The first-order chi connectivity index (χ1) is 4.27. The van der Waals surface area contributed by atoms with Gasteiger partial charge in [0.25, 0.3) is 0 Å². The first-order valence-corrected chi connectivity index (χ1v) is 4.66. The van der Waals surface area contributed by atoms with Crippen LogP contribution >= 0.6 is 15.9 Å². The van der Waals surface area contributed by atoms with Gasteiger partial charge in [-0.1, -0.05) is 22.9 Å². The molecule has 0 radical (unpaired) electrons. The Morgan fingerprint density at radius 1 is 1.44 bits per heavy atom. The predicted octanol–water partition coefficient (Wildman–Crippen LogP) is 1.77. The summed E-state index contributed by atoms with van der Waals surface area (Å²) >= 11 is 3.54. The number of hydrogen-bond acceptors (Lipinski definition) is 1. The fourth-order valence-electron chi connectivity index (χ4n) is 1.16. The van der Waals surface area contributed by atoms with Crippen LogP contribution < -0.4 is 5.32 Å². The van der Waals surface area contributed by atoms with Gasteiger partial charge in [-0.05, 0) is 31.3 Å². The Hall–Kier alpha value is 0.440. The minimum atomic E-state index is 0.575. The molecule has 0 aromatic carbocycles. The SMILES string of the molecule is CC1(CBr)CCNCC1. The second kappa shape index (κ2) is 3.02. The molecule has 0 amide bonds. The molecule has 1 rings (SSSR count). The maximum atomic E-state index is 3.54. The molecule has 0 aromatic heterocycles. The summed E-state index contributed by atoms with van der Waals surface area (Å²) in [5, 5.41) is 4.51. The summed E-state index contributed by atoms with van der Waals surface area (Å²) in [4.78, 5) is 0. The second-order valence-electron chi connectivity index (χ2n) is 3.19. The van der Waals surface area contributed by atoms with Crippen LogP contribution in [0, 0.1) is 5.41 Å². The molecule has 0 unspecified atom stereocenters. The third-order valence-electron chi connectivity index (χ3n) is 2.13. The Bertz CT molecular complexity index is 86.9. The first kappa shape index (κ1) is 7.55. The molecule has 1 heterocycles. The number of nitrogens with one attached hydrogen (secondary N) is 1. The topological polar surface area (TPSA) is 12.0 Å². The van der Waals surface area contributed by atoms with Gasteiger partial charge in [-0.15, -0.1) is 0 Å². The maximum absolute atomic E-state index is 3.54. The van der Waals surface area contributed by atoms with E-state index in [2.05, 4.69) is 28.2 Å².